The molecule has 0 spiro atoms. The van der Waals surface area contributed by atoms with E-state index in [0.717, 1.165) is 5.56 Å². The second kappa shape index (κ2) is 10.6. The number of hydrogen-bond acceptors (Lipinski definition) is 4. The van der Waals surface area contributed by atoms with Gasteiger partial charge >= 0.3 is 12.1 Å². The van der Waals surface area contributed by atoms with Crippen LogP contribution in [0.25, 0.3) is 0 Å². The number of alkyl carbamates (subject to hydrolysis) is 1. The van der Waals surface area contributed by atoms with Crippen molar-refractivity contribution in [3.63, 3.8) is 0 Å². The zero-order valence-corrected chi connectivity index (χ0v) is 12.8. The van der Waals surface area contributed by atoms with Crippen molar-refractivity contribution in [3.8, 4) is 0 Å². The van der Waals surface area contributed by atoms with Gasteiger partial charge in [-0.1, -0.05) is 30.3 Å². The van der Waals surface area contributed by atoms with E-state index in [0.29, 0.717) is 26.2 Å². The summed E-state index contributed by atoms with van der Waals surface area (Å²) >= 11 is 0. The van der Waals surface area contributed by atoms with Gasteiger partial charge in [-0.05, 0) is 24.8 Å². The number of carbonyl (C=O) groups excluding carboxylic acids is 1. The quantitative estimate of drug-likeness (QED) is 0.693. The average molecular weight is 309 g/mol. The minimum atomic E-state index is -0.864. The van der Waals surface area contributed by atoms with Crippen LogP contribution in [0.2, 0.25) is 0 Å². The molecule has 6 nitrogen and oxygen atoms in total. The molecule has 0 unspecified atom stereocenters. The first-order valence-electron chi connectivity index (χ1n) is 7.36. The Morgan fingerprint density at radius 2 is 2.00 bits per heavy atom. The summed E-state index contributed by atoms with van der Waals surface area (Å²) in [6.45, 7) is 3.35. The van der Waals surface area contributed by atoms with Crippen molar-refractivity contribution in [3.05, 3.63) is 35.9 Å². The highest BCUT2D eigenvalue weighted by Crippen LogP contribution is 2.09. The monoisotopic (exact) mass is 309 g/mol. The second-order valence-corrected chi connectivity index (χ2v) is 4.90. The van der Waals surface area contributed by atoms with E-state index < -0.39 is 12.1 Å². The van der Waals surface area contributed by atoms with Crippen molar-refractivity contribution in [1.82, 2.24) is 5.32 Å². The number of ether oxygens (including phenoxy) is 2. The lowest BCUT2D eigenvalue weighted by Crippen LogP contribution is -2.28. The first-order valence-corrected chi connectivity index (χ1v) is 7.36. The third-order valence-electron chi connectivity index (χ3n) is 3.06. The van der Waals surface area contributed by atoms with E-state index in [1.54, 1.807) is 0 Å². The zero-order valence-electron chi connectivity index (χ0n) is 12.8. The number of carbonyl (C=O) groups is 2. The van der Waals surface area contributed by atoms with E-state index in [4.69, 9.17) is 14.6 Å². The maximum absolute atomic E-state index is 11.6. The summed E-state index contributed by atoms with van der Waals surface area (Å²) in [4.78, 5) is 22.3. The maximum atomic E-state index is 11.6. The van der Waals surface area contributed by atoms with Crippen LogP contribution in [0, 0.1) is 5.92 Å². The molecule has 0 saturated carbocycles. The van der Waals surface area contributed by atoms with E-state index in [9.17, 15) is 9.59 Å². The first kappa shape index (κ1) is 18.0. The SMILES string of the molecule is CCOC[C@@H](CCNC(=O)OCc1ccccc1)CC(=O)O. The largest absolute Gasteiger partial charge is 0.481 e. The number of hydrogen-bond donors (Lipinski definition) is 2. The van der Waals surface area contributed by atoms with Crippen LogP contribution in [0.1, 0.15) is 25.3 Å². The molecule has 0 aromatic heterocycles. The fourth-order valence-corrected chi connectivity index (χ4v) is 1.93. The normalized spacial score (nSPS) is 11.7. The van der Waals surface area contributed by atoms with E-state index >= 15 is 0 Å². The Morgan fingerprint density at radius 1 is 1.27 bits per heavy atom. The van der Waals surface area contributed by atoms with Crippen LogP contribution in [0.15, 0.2) is 30.3 Å². The standard InChI is InChI=1S/C16H23NO5/c1-2-21-11-14(10-15(18)19)8-9-17-16(20)22-12-13-6-4-3-5-7-13/h3-7,14H,2,8-12H2,1H3,(H,17,20)(H,18,19)/t14-/m0/s1. The molecule has 1 rings (SSSR count). The summed E-state index contributed by atoms with van der Waals surface area (Å²) < 4.78 is 10.3. The third kappa shape index (κ3) is 8.26. The molecule has 2 N–H and O–H groups in total. The molecule has 0 aliphatic rings. The molecule has 0 aliphatic carbocycles. The van der Waals surface area contributed by atoms with Gasteiger partial charge < -0.3 is 19.9 Å². The molecule has 0 fully saturated rings. The fraction of sp³-hybridized carbons (Fsp3) is 0.500. The fourth-order valence-electron chi connectivity index (χ4n) is 1.93. The summed E-state index contributed by atoms with van der Waals surface area (Å²) in [6.07, 6.45) is 0.0577. The number of carboxylic acids is 1. The Labute approximate surface area is 130 Å². The molecule has 0 bridgehead atoms. The highest BCUT2D eigenvalue weighted by Gasteiger charge is 2.14. The van der Waals surface area contributed by atoms with Gasteiger partial charge in [-0.15, -0.1) is 0 Å². The Balaban J connectivity index is 2.22. The lowest BCUT2D eigenvalue weighted by atomic mass is 10.0. The summed E-state index contributed by atoms with van der Waals surface area (Å²) in [5, 5.41) is 11.5. The topological polar surface area (TPSA) is 84.9 Å². The molecular weight excluding hydrogens is 286 g/mol. The van der Waals surface area contributed by atoms with E-state index in [1.807, 2.05) is 37.3 Å². The number of rotatable bonds is 10. The van der Waals surface area contributed by atoms with E-state index in [-0.39, 0.29) is 18.9 Å². The predicted octanol–water partition coefficient (Wildman–Crippen LogP) is 2.43. The molecular formula is C16H23NO5. The molecule has 1 aromatic rings. The molecule has 1 aromatic carbocycles. The van der Waals surface area contributed by atoms with Gasteiger partial charge in [0, 0.05) is 19.8 Å². The number of amides is 1. The molecule has 22 heavy (non-hydrogen) atoms. The Hall–Kier alpha value is -2.08. The van der Waals surface area contributed by atoms with Gasteiger partial charge in [0.25, 0.3) is 0 Å². The van der Waals surface area contributed by atoms with Crippen molar-refractivity contribution >= 4 is 12.1 Å². The minimum Gasteiger partial charge on any atom is -0.481 e. The molecule has 0 radical (unpaired) electrons. The number of benzene rings is 1. The van der Waals surface area contributed by atoms with Crippen LogP contribution in [0.4, 0.5) is 4.79 Å². The third-order valence-corrected chi connectivity index (χ3v) is 3.06. The summed E-state index contributed by atoms with van der Waals surface area (Å²) in [6, 6.07) is 9.39. The predicted molar refractivity (Wildman–Crippen MR) is 81.5 cm³/mol. The van der Waals surface area contributed by atoms with Gasteiger partial charge in [0.05, 0.1) is 6.42 Å². The van der Waals surface area contributed by atoms with Crippen molar-refractivity contribution in [1.29, 1.82) is 0 Å². The van der Waals surface area contributed by atoms with Crippen LogP contribution in [0.5, 0.6) is 0 Å². The van der Waals surface area contributed by atoms with Gasteiger partial charge in [-0.25, -0.2) is 4.79 Å². The van der Waals surface area contributed by atoms with Gasteiger partial charge in [0.1, 0.15) is 6.61 Å². The maximum Gasteiger partial charge on any atom is 0.407 e. The van der Waals surface area contributed by atoms with Crippen molar-refractivity contribution < 1.29 is 24.2 Å². The van der Waals surface area contributed by atoms with Crippen LogP contribution < -0.4 is 5.32 Å². The lowest BCUT2D eigenvalue weighted by Gasteiger charge is -2.15. The molecule has 0 heterocycles. The van der Waals surface area contributed by atoms with Gasteiger partial charge in [0.15, 0.2) is 0 Å². The molecule has 1 amide bonds. The summed E-state index contributed by atoms with van der Waals surface area (Å²) in [5.74, 6) is -0.983. The van der Waals surface area contributed by atoms with Crippen LogP contribution in [0.3, 0.4) is 0 Å². The highest BCUT2D eigenvalue weighted by molar-refractivity contribution is 5.67. The number of aliphatic carboxylic acids is 1. The van der Waals surface area contributed by atoms with Crippen molar-refractivity contribution in [2.45, 2.75) is 26.4 Å². The van der Waals surface area contributed by atoms with Gasteiger partial charge in [0.2, 0.25) is 0 Å². The second-order valence-electron chi connectivity index (χ2n) is 4.90. The molecule has 1 atom stereocenters. The Kier molecular flexibility index (Phi) is 8.67. The first-order chi connectivity index (χ1) is 10.6. The van der Waals surface area contributed by atoms with Crippen LogP contribution in [-0.2, 0) is 20.9 Å². The Bertz CT molecular complexity index is 449. The van der Waals surface area contributed by atoms with E-state index in [2.05, 4.69) is 5.32 Å². The lowest BCUT2D eigenvalue weighted by molar-refractivity contribution is -0.138. The Morgan fingerprint density at radius 3 is 2.64 bits per heavy atom. The van der Waals surface area contributed by atoms with Crippen molar-refractivity contribution in [2.24, 2.45) is 5.92 Å². The molecule has 6 heteroatoms. The molecule has 0 aliphatic heterocycles. The summed E-state index contributed by atoms with van der Waals surface area (Å²) in [5.41, 5.74) is 0.915. The smallest absolute Gasteiger partial charge is 0.407 e. The molecule has 122 valence electrons. The summed E-state index contributed by atoms with van der Waals surface area (Å²) in [7, 11) is 0. The zero-order chi connectivity index (χ0) is 16.2. The van der Waals surface area contributed by atoms with Gasteiger partial charge in [-0.3, -0.25) is 4.79 Å². The van der Waals surface area contributed by atoms with Crippen molar-refractivity contribution in [2.75, 3.05) is 19.8 Å². The number of nitrogens with one attached hydrogen (secondary N) is 1. The van der Waals surface area contributed by atoms with E-state index in [1.165, 1.54) is 0 Å². The van der Waals surface area contributed by atoms with Crippen LogP contribution >= 0.6 is 0 Å². The van der Waals surface area contributed by atoms with Crippen LogP contribution in [-0.4, -0.2) is 36.9 Å². The van der Waals surface area contributed by atoms with Gasteiger partial charge in [-0.2, -0.15) is 0 Å². The number of carboxylic acid groups (broad SMARTS) is 1. The average Bonchev–Trinajstić information content (AvgIpc) is 2.51. The minimum absolute atomic E-state index is 0.0285. The highest BCUT2D eigenvalue weighted by atomic mass is 16.5. The molecule has 0 saturated heterocycles.